The molecule has 17 heavy (non-hydrogen) atoms. The molecule has 0 bridgehead atoms. The van der Waals surface area contributed by atoms with Crippen LogP contribution >= 0.6 is 27.3 Å². The molecule has 1 heterocycles. The van der Waals surface area contributed by atoms with Crippen molar-refractivity contribution in [2.75, 3.05) is 0 Å². The summed E-state index contributed by atoms with van der Waals surface area (Å²) in [6.07, 6.45) is 5.49. The molecular weight excluding hydrogens is 294 g/mol. The highest BCUT2D eigenvalue weighted by Crippen LogP contribution is 2.32. The van der Waals surface area contributed by atoms with E-state index in [-0.39, 0.29) is 0 Å². The minimum absolute atomic E-state index is 0.743. The molecule has 0 saturated heterocycles. The summed E-state index contributed by atoms with van der Waals surface area (Å²) < 4.78 is 2.60. The number of nitrogens with one attached hydrogen (secondary N) is 1. The zero-order chi connectivity index (χ0) is 11.7. The van der Waals surface area contributed by atoms with Crippen molar-refractivity contribution in [1.82, 2.24) is 5.32 Å². The van der Waals surface area contributed by atoms with Crippen LogP contribution in [0.2, 0.25) is 0 Å². The standard InChI is InChI=1S/C14H16BrNS/c15-12-6-3-7-13-14(12)10(9-17-13)8-16-11-4-1-2-5-11/h3,6-7,9,11,16H,1-2,4-5,8H2. The van der Waals surface area contributed by atoms with Crippen molar-refractivity contribution in [1.29, 1.82) is 0 Å². The lowest BCUT2D eigenvalue weighted by Gasteiger charge is -2.11. The predicted molar refractivity (Wildman–Crippen MR) is 78.6 cm³/mol. The normalized spacial score (nSPS) is 17.0. The van der Waals surface area contributed by atoms with Crippen LogP contribution in [0, 0.1) is 0 Å². The topological polar surface area (TPSA) is 12.0 Å². The van der Waals surface area contributed by atoms with Gasteiger partial charge in [0.2, 0.25) is 0 Å². The van der Waals surface area contributed by atoms with Gasteiger partial charge < -0.3 is 5.32 Å². The summed E-state index contributed by atoms with van der Waals surface area (Å²) in [6, 6.07) is 7.18. The molecule has 1 aromatic carbocycles. The van der Waals surface area contributed by atoms with Crippen LogP contribution in [0.15, 0.2) is 28.1 Å². The van der Waals surface area contributed by atoms with E-state index < -0.39 is 0 Å². The number of thiophene rings is 1. The molecule has 3 heteroatoms. The maximum absolute atomic E-state index is 3.69. The molecule has 3 rings (SSSR count). The van der Waals surface area contributed by atoms with Gasteiger partial charge in [-0.25, -0.2) is 0 Å². The maximum Gasteiger partial charge on any atom is 0.0357 e. The van der Waals surface area contributed by atoms with Gasteiger partial charge in [0.25, 0.3) is 0 Å². The van der Waals surface area contributed by atoms with E-state index in [1.165, 1.54) is 45.8 Å². The zero-order valence-electron chi connectivity index (χ0n) is 9.71. The Morgan fingerprint density at radius 2 is 2.12 bits per heavy atom. The summed E-state index contributed by atoms with van der Waals surface area (Å²) >= 11 is 5.50. The van der Waals surface area contributed by atoms with Crippen LogP contribution in [0.3, 0.4) is 0 Å². The van der Waals surface area contributed by atoms with Gasteiger partial charge in [-0.15, -0.1) is 11.3 Å². The molecule has 0 unspecified atom stereocenters. The molecule has 0 spiro atoms. The lowest BCUT2D eigenvalue weighted by Crippen LogP contribution is -2.25. The van der Waals surface area contributed by atoms with Crippen LogP contribution in [0.4, 0.5) is 0 Å². The second kappa shape index (κ2) is 5.09. The molecule has 0 amide bonds. The molecule has 1 aliphatic rings. The maximum atomic E-state index is 3.69. The van der Waals surface area contributed by atoms with Crippen molar-refractivity contribution < 1.29 is 0 Å². The van der Waals surface area contributed by atoms with Gasteiger partial charge in [0.05, 0.1) is 0 Å². The van der Waals surface area contributed by atoms with Crippen molar-refractivity contribution in [3.63, 3.8) is 0 Å². The summed E-state index contributed by atoms with van der Waals surface area (Å²) in [5.74, 6) is 0. The van der Waals surface area contributed by atoms with Gasteiger partial charge >= 0.3 is 0 Å². The van der Waals surface area contributed by atoms with Crippen LogP contribution in [-0.4, -0.2) is 6.04 Å². The monoisotopic (exact) mass is 309 g/mol. The summed E-state index contributed by atoms with van der Waals surface area (Å²) in [5, 5.41) is 7.37. The van der Waals surface area contributed by atoms with E-state index in [0.29, 0.717) is 0 Å². The first-order chi connectivity index (χ1) is 8.34. The number of halogens is 1. The number of fused-ring (bicyclic) bond motifs is 1. The molecule has 1 aromatic heterocycles. The van der Waals surface area contributed by atoms with Gasteiger partial charge in [0, 0.05) is 27.1 Å². The van der Waals surface area contributed by atoms with Crippen LogP contribution in [0.25, 0.3) is 10.1 Å². The van der Waals surface area contributed by atoms with E-state index in [0.717, 1.165) is 12.6 Å². The first-order valence-electron chi connectivity index (χ1n) is 6.22. The third-order valence-electron chi connectivity index (χ3n) is 3.56. The molecule has 1 saturated carbocycles. The van der Waals surface area contributed by atoms with Gasteiger partial charge in [0.15, 0.2) is 0 Å². The van der Waals surface area contributed by atoms with Crippen LogP contribution in [-0.2, 0) is 6.54 Å². The Bertz CT molecular complexity index is 514. The average Bonchev–Trinajstić information content (AvgIpc) is 2.95. The fourth-order valence-electron chi connectivity index (χ4n) is 2.62. The molecule has 1 N–H and O–H groups in total. The lowest BCUT2D eigenvalue weighted by atomic mass is 10.1. The van der Waals surface area contributed by atoms with Crippen molar-refractivity contribution in [3.05, 3.63) is 33.6 Å². The molecule has 1 nitrogen and oxygen atoms in total. The summed E-state index contributed by atoms with van der Waals surface area (Å²) in [6.45, 7) is 1.01. The van der Waals surface area contributed by atoms with Gasteiger partial charge in [-0.05, 0) is 35.9 Å². The van der Waals surface area contributed by atoms with E-state index in [1.54, 1.807) is 0 Å². The lowest BCUT2D eigenvalue weighted by molar-refractivity contribution is 0.526. The van der Waals surface area contributed by atoms with Crippen LogP contribution in [0.5, 0.6) is 0 Å². The Labute approximate surface area is 114 Å². The summed E-state index contributed by atoms with van der Waals surface area (Å²) in [5.41, 5.74) is 1.43. The highest BCUT2D eigenvalue weighted by molar-refractivity contribution is 9.10. The highest BCUT2D eigenvalue weighted by Gasteiger charge is 2.15. The largest absolute Gasteiger partial charge is 0.310 e. The first kappa shape index (κ1) is 11.7. The molecule has 1 fully saturated rings. The smallest absolute Gasteiger partial charge is 0.0357 e. The minimum atomic E-state index is 0.743. The summed E-state index contributed by atoms with van der Waals surface area (Å²) in [4.78, 5) is 0. The third kappa shape index (κ3) is 2.42. The Morgan fingerprint density at radius 1 is 1.29 bits per heavy atom. The minimum Gasteiger partial charge on any atom is -0.310 e. The molecule has 0 radical (unpaired) electrons. The van der Waals surface area contributed by atoms with E-state index in [4.69, 9.17) is 0 Å². The number of hydrogen-bond acceptors (Lipinski definition) is 2. The second-order valence-electron chi connectivity index (χ2n) is 4.74. The first-order valence-corrected chi connectivity index (χ1v) is 7.90. The van der Waals surface area contributed by atoms with Gasteiger partial charge in [0.1, 0.15) is 0 Å². The van der Waals surface area contributed by atoms with Crippen molar-refractivity contribution in [2.24, 2.45) is 0 Å². The zero-order valence-corrected chi connectivity index (χ0v) is 12.1. The number of benzene rings is 1. The SMILES string of the molecule is Brc1cccc2scc(CNC3CCCC3)c12. The van der Waals surface area contributed by atoms with E-state index in [9.17, 15) is 0 Å². The molecule has 90 valence electrons. The number of hydrogen-bond donors (Lipinski definition) is 1. The van der Waals surface area contributed by atoms with Gasteiger partial charge in [-0.3, -0.25) is 0 Å². The van der Waals surface area contributed by atoms with Crippen LogP contribution in [0.1, 0.15) is 31.2 Å². The van der Waals surface area contributed by atoms with Crippen molar-refractivity contribution >= 4 is 37.4 Å². The Morgan fingerprint density at radius 3 is 2.94 bits per heavy atom. The third-order valence-corrected chi connectivity index (χ3v) is 5.22. The quantitative estimate of drug-likeness (QED) is 0.867. The molecule has 2 aromatic rings. The predicted octanol–water partition coefficient (Wildman–Crippen LogP) is 4.70. The van der Waals surface area contributed by atoms with Gasteiger partial charge in [-0.2, -0.15) is 0 Å². The van der Waals surface area contributed by atoms with E-state index in [1.807, 2.05) is 11.3 Å². The molecule has 0 atom stereocenters. The molecule has 1 aliphatic carbocycles. The van der Waals surface area contributed by atoms with Gasteiger partial charge in [-0.1, -0.05) is 34.8 Å². The number of rotatable bonds is 3. The Hall–Kier alpha value is -0.380. The van der Waals surface area contributed by atoms with Crippen LogP contribution < -0.4 is 5.32 Å². The van der Waals surface area contributed by atoms with E-state index in [2.05, 4.69) is 44.8 Å². The fraction of sp³-hybridized carbons (Fsp3) is 0.429. The second-order valence-corrected chi connectivity index (χ2v) is 6.50. The van der Waals surface area contributed by atoms with Crippen molar-refractivity contribution in [2.45, 2.75) is 38.3 Å². The average molecular weight is 310 g/mol. The highest BCUT2D eigenvalue weighted by atomic mass is 79.9. The molecular formula is C14H16BrNS. The fourth-order valence-corrected chi connectivity index (χ4v) is 4.36. The Kier molecular flexibility index (Phi) is 3.50. The van der Waals surface area contributed by atoms with Crippen molar-refractivity contribution in [3.8, 4) is 0 Å². The van der Waals surface area contributed by atoms with E-state index >= 15 is 0 Å². The Balaban J connectivity index is 1.80. The summed E-state index contributed by atoms with van der Waals surface area (Å²) in [7, 11) is 0. The molecule has 0 aliphatic heterocycles.